The standard InChI is InChI=1S/C25H21BrClFN2O3/c26-18-6-8-24(33-14-15-5-7-19(28)11-21(15)27)17(9-18)13-30-23(25(31)32)10-16-12-29-22-4-2-1-3-20(16)22/h1-9,11-12,23,29-30H,10,13-14H2,(H,31,32)/t23-/m0/s1. The highest BCUT2D eigenvalue weighted by Crippen LogP contribution is 2.26. The van der Waals surface area contributed by atoms with Crippen LogP contribution in [-0.2, 0) is 24.4 Å². The summed E-state index contributed by atoms with van der Waals surface area (Å²) >= 11 is 9.56. The van der Waals surface area contributed by atoms with Gasteiger partial charge in [0, 0.05) is 45.7 Å². The molecule has 5 nitrogen and oxygen atoms in total. The van der Waals surface area contributed by atoms with Crippen LogP contribution in [0.1, 0.15) is 16.7 Å². The second-order valence-electron chi connectivity index (χ2n) is 7.61. The average molecular weight is 532 g/mol. The van der Waals surface area contributed by atoms with Gasteiger partial charge in [-0.15, -0.1) is 0 Å². The van der Waals surface area contributed by atoms with Gasteiger partial charge in [-0.2, -0.15) is 0 Å². The van der Waals surface area contributed by atoms with Crippen molar-refractivity contribution in [1.82, 2.24) is 10.3 Å². The molecule has 33 heavy (non-hydrogen) atoms. The van der Waals surface area contributed by atoms with Crippen molar-refractivity contribution in [2.24, 2.45) is 0 Å². The smallest absolute Gasteiger partial charge is 0.321 e. The summed E-state index contributed by atoms with van der Waals surface area (Å²) in [6.07, 6.45) is 2.18. The predicted molar refractivity (Wildman–Crippen MR) is 130 cm³/mol. The molecule has 170 valence electrons. The summed E-state index contributed by atoms with van der Waals surface area (Å²) in [6.45, 7) is 0.441. The Bertz CT molecular complexity index is 1290. The number of rotatable bonds is 9. The molecule has 0 unspecified atom stereocenters. The van der Waals surface area contributed by atoms with E-state index in [2.05, 4.69) is 26.2 Å². The van der Waals surface area contributed by atoms with Crippen LogP contribution in [0.15, 0.2) is 71.3 Å². The Morgan fingerprint density at radius 2 is 1.94 bits per heavy atom. The Balaban J connectivity index is 1.47. The van der Waals surface area contributed by atoms with Gasteiger partial charge in [0.05, 0.1) is 5.02 Å². The van der Waals surface area contributed by atoms with Crippen LogP contribution in [0.3, 0.4) is 0 Å². The summed E-state index contributed by atoms with van der Waals surface area (Å²) in [5, 5.41) is 14.2. The van der Waals surface area contributed by atoms with E-state index in [-0.39, 0.29) is 18.2 Å². The van der Waals surface area contributed by atoms with E-state index < -0.39 is 17.8 Å². The number of H-pyrrole nitrogens is 1. The number of hydrogen-bond donors (Lipinski definition) is 3. The molecule has 1 heterocycles. The lowest BCUT2D eigenvalue weighted by Crippen LogP contribution is -2.38. The fourth-order valence-corrected chi connectivity index (χ4v) is 4.25. The highest BCUT2D eigenvalue weighted by molar-refractivity contribution is 9.10. The zero-order valence-electron chi connectivity index (χ0n) is 17.4. The second-order valence-corrected chi connectivity index (χ2v) is 8.93. The second kappa shape index (κ2) is 10.4. The van der Waals surface area contributed by atoms with Crippen LogP contribution in [-0.4, -0.2) is 22.1 Å². The van der Waals surface area contributed by atoms with Crippen LogP contribution < -0.4 is 10.1 Å². The monoisotopic (exact) mass is 530 g/mol. The molecule has 0 aliphatic rings. The molecule has 1 atom stereocenters. The number of fused-ring (bicyclic) bond motifs is 1. The molecule has 0 bridgehead atoms. The van der Waals surface area contributed by atoms with Crippen LogP contribution in [0.2, 0.25) is 5.02 Å². The number of carboxylic acid groups (broad SMARTS) is 1. The summed E-state index contributed by atoms with van der Waals surface area (Å²) in [5.74, 6) is -0.759. The Morgan fingerprint density at radius 1 is 1.12 bits per heavy atom. The molecule has 4 aromatic rings. The number of nitrogens with one attached hydrogen (secondary N) is 2. The minimum atomic E-state index is -0.934. The minimum absolute atomic E-state index is 0.158. The van der Waals surface area contributed by atoms with E-state index in [1.165, 1.54) is 12.1 Å². The first-order valence-corrected chi connectivity index (χ1v) is 11.4. The van der Waals surface area contributed by atoms with Crippen molar-refractivity contribution < 1.29 is 19.0 Å². The summed E-state index contributed by atoms with van der Waals surface area (Å²) in [5.41, 5.74) is 3.34. The van der Waals surface area contributed by atoms with Gasteiger partial charge in [-0.3, -0.25) is 10.1 Å². The van der Waals surface area contributed by atoms with E-state index in [0.717, 1.165) is 26.5 Å². The number of carbonyl (C=O) groups is 1. The van der Waals surface area contributed by atoms with Gasteiger partial charge >= 0.3 is 5.97 Å². The van der Waals surface area contributed by atoms with Crippen molar-refractivity contribution in [2.75, 3.05) is 0 Å². The third kappa shape index (κ3) is 5.74. The summed E-state index contributed by atoms with van der Waals surface area (Å²) in [4.78, 5) is 15.1. The molecule has 8 heteroatoms. The molecule has 0 fully saturated rings. The molecule has 1 aromatic heterocycles. The van der Waals surface area contributed by atoms with Gasteiger partial charge in [-0.05, 0) is 42.0 Å². The van der Waals surface area contributed by atoms with Crippen LogP contribution in [0.5, 0.6) is 5.75 Å². The number of carboxylic acids is 1. The highest BCUT2D eigenvalue weighted by atomic mass is 79.9. The average Bonchev–Trinajstić information content (AvgIpc) is 3.19. The summed E-state index contributed by atoms with van der Waals surface area (Å²) < 4.78 is 20.1. The van der Waals surface area contributed by atoms with E-state index in [9.17, 15) is 14.3 Å². The van der Waals surface area contributed by atoms with Crippen LogP contribution in [0.25, 0.3) is 10.9 Å². The van der Waals surface area contributed by atoms with Gasteiger partial charge in [0.2, 0.25) is 0 Å². The molecule has 4 rings (SSSR count). The SMILES string of the molecule is O=C(O)[C@H](Cc1c[nH]c2ccccc12)NCc1cc(Br)ccc1OCc1ccc(F)cc1Cl. The number of benzene rings is 3. The van der Waals surface area contributed by atoms with Gasteiger partial charge in [0.1, 0.15) is 24.2 Å². The molecular formula is C25H21BrClFN2O3. The van der Waals surface area contributed by atoms with Gasteiger partial charge in [0.15, 0.2) is 0 Å². The van der Waals surface area contributed by atoms with Crippen molar-refractivity contribution >= 4 is 44.4 Å². The van der Waals surface area contributed by atoms with E-state index in [0.29, 0.717) is 17.7 Å². The van der Waals surface area contributed by atoms with Crippen molar-refractivity contribution in [1.29, 1.82) is 0 Å². The fourth-order valence-electron chi connectivity index (χ4n) is 3.62. The molecule has 0 radical (unpaired) electrons. The zero-order chi connectivity index (χ0) is 23.4. The number of aliphatic carboxylic acids is 1. The maximum atomic E-state index is 13.3. The van der Waals surface area contributed by atoms with Gasteiger partial charge in [-0.25, -0.2) is 4.39 Å². The van der Waals surface area contributed by atoms with Crippen LogP contribution in [0, 0.1) is 5.82 Å². The first kappa shape index (κ1) is 23.3. The first-order chi connectivity index (χ1) is 15.9. The third-order valence-corrected chi connectivity index (χ3v) is 6.20. The van der Waals surface area contributed by atoms with Crippen molar-refractivity contribution in [3.8, 4) is 5.75 Å². The Kier molecular flexibility index (Phi) is 7.33. The van der Waals surface area contributed by atoms with Crippen molar-refractivity contribution in [2.45, 2.75) is 25.6 Å². The molecule has 0 spiro atoms. The molecule has 0 aliphatic heterocycles. The van der Waals surface area contributed by atoms with Gasteiger partial charge in [-0.1, -0.05) is 51.8 Å². The normalized spacial score (nSPS) is 12.1. The molecule has 0 aliphatic carbocycles. The lowest BCUT2D eigenvalue weighted by atomic mass is 10.0. The fraction of sp³-hybridized carbons (Fsp3) is 0.160. The Morgan fingerprint density at radius 3 is 2.73 bits per heavy atom. The number of halogens is 3. The zero-order valence-corrected chi connectivity index (χ0v) is 19.8. The number of aromatic nitrogens is 1. The van der Waals surface area contributed by atoms with E-state index in [4.69, 9.17) is 16.3 Å². The number of ether oxygens (including phenoxy) is 1. The lowest BCUT2D eigenvalue weighted by Gasteiger charge is -2.17. The number of hydrogen-bond acceptors (Lipinski definition) is 3. The van der Waals surface area contributed by atoms with E-state index in [1.807, 2.05) is 42.6 Å². The highest BCUT2D eigenvalue weighted by Gasteiger charge is 2.20. The molecule has 3 N–H and O–H groups in total. The lowest BCUT2D eigenvalue weighted by molar-refractivity contribution is -0.139. The molecule has 0 saturated carbocycles. The summed E-state index contributed by atoms with van der Waals surface area (Å²) in [7, 11) is 0. The molecule has 3 aromatic carbocycles. The molecular weight excluding hydrogens is 511 g/mol. The van der Waals surface area contributed by atoms with Crippen molar-refractivity contribution in [3.63, 3.8) is 0 Å². The Labute approximate surface area is 203 Å². The largest absolute Gasteiger partial charge is 0.489 e. The first-order valence-electron chi connectivity index (χ1n) is 10.3. The third-order valence-electron chi connectivity index (χ3n) is 5.36. The van der Waals surface area contributed by atoms with E-state index in [1.54, 1.807) is 12.1 Å². The number of para-hydroxylation sites is 1. The molecule has 0 saturated heterocycles. The maximum Gasteiger partial charge on any atom is 0.321 e. The Hall–Kier alpha value is -2.87. The minimum Gasteiger partial charge on any atom is -0.489 e. The van der Waals surface area contributed by atoms with Gasteiger partial charge < -0.3 is 14.8 Å². The molecule has 0 amide bonds. The van der Waals surface area contributed by atoms with Gasteiger partial charge in [0.25, 0.3) is 0 Å². The predicted octanol–water partition coefficient (Wildman–Crippen LogP) is 6.09. The van der Waals surface area contributed by atoms with E-state index >= 15 is 0 Å². The summed E-state index contributed by atoms with van der Waals surface area (Å²) in [6, 6.07) is 16.7. The quantitative estimate of drug-likeness (QED) is 0.244. The maximum absolute atomic E-state index is 13.3. The van der Waals surface area contributed by atoms with Crippen LogP contribution >= 0.6 is 27.5 Å². The van der Waals surface area contributed by atoms with Crippen LogP contribution in [0.4, 0.5) is 4.39 Å². The topological polar surface area (TPSA) is 74.3 Å². The van der Waals surface area contributed by atoms with Crippen molar-refractivity contribution in [3.05, 3.63) is 98.9 Å². The number of aromatic amines is 1.